The van der Waals surface area contributed by atoms with Crippen LogP contribution < -0.4 is 10.2 Å². The summed E-state index contributed by atoms with van der Waals surface area (Å²) in [4.78, 5) is 15.7. The molecule has 2 rings (SSSR count). The molecule has 0 aromatic heterocycles. The third-order valence-corrected chi connectivity index (χ3v) is 3.83. The second kappa shape index (κ2) is 7.43. The summed E-state index contributed by atoms with van der Waals surface area (Å²) in [6.07, 6.45) is 0. The highest BCUT2D eigenvalue weighted by Gasteiger charge is 2.22. The van der Waals surface area contributed by atoms with Crippen LogP contribution in [0, 0.1) is 0 Å². The molecule has 0 aliphatic carbocycles. The van der Waals surface area contributed by atoms with Gasteiger partial charge in [-0.25, -0.2) is 0 Å². The first-order valence-electron chi connectivity index (χ1n) is 7.41. The monoisotopic (exact) mass is 291 g/mol. The largest absolute Gasteiger partial charge is 0.379 e. The summed E-state index contributed by atoms with van der Waals surface area (Å²) in [7, 11) is 4.07. The molecular formula is C16H25N3O2. The van der Waals surface area contributed by atoms with Crippen molar-refractivity contribution in [3.63, 3.8) is 0 Å². The summed E-state index contributed by atoms with van der Waals surface area (Å²) in [6.45, 7) is 5.51. The van der Waals surface area contributed by atoms with Gasteiger partial charge in [-0.1, -0.05) is 12.1 Å². The summed E-state index contributed by atoms with van der Waals surface area (Å²) >= 11 is 0. The fourth-order valence-corrected chi connectivity index (χ4v) is 2.58. The highest BCUT2D eigenvalue weighted by molar-refractivity contribution is 5.72. The number of anilines is 1. The lowest BCUT2D eigenvalue weighted by molar-refractivity contribution is -0.119. The average Bonchev–Trinajstić information content (AvgIpc) is 2.49. The molecule has 21 heavy (non-hydrogen) atoms. The van der Waals surface area contributed by atoms with Crippen LogP contribution >= 0.6 is 0 Å². The van der Waals surface area contributed by atoms with Gasteiger partial charge in [0, 0.05) is 46.3 Å². The van der Waals surface area contributed by atoms with E-state index in [0.29, 0.717) is 6.54 Å². The molecule has 1 fully saturated rings. The molecule has 0 radical (unpaired) electrons. The number of hydrogen-bond acceptors (Lipinski definition) is 4. The zero-order valence-corrected chi connectivity index (χ0v) is 13.1. The first-order chi connectivity index (χ1) is 10.1. The molecule has 0 spiro atoms. The van der Waals surface area contributed by atoms with Crippen molar-refractivity contribution in [1.29, 1.82) is 0 Å². The topological polar surface area (TPSA) is 44.8 Å². The van der Waals surface area contributed by atoms with Crippen molar-refractivity contribution in [3.05, 3.63) is 29.8 Å². The average molecular weight is 291 g/mol. The van der Waals surface area contributed by atoms with E-state index in [1.54, 1.807) is 6.92 Å². The molecule has 1 aliphatic rings. The Kier molecular flexibility index (Phi) is 5.59. The molecule has 5 nitrogen and oxygen atoms in total. The predicted molar refractivity (Wildman–Crippen MR) is 84.6 cm³/mol. The number of rotatable bonds is 5. The Labute approximate surface area is 126 Å². The van der Waals surface area contributed by atoms with E-state index in [2.05, 4.69) is 39.4 Å². The molecule has 1 saturated heterocycles. The van der Waals surface area contributed by atoms with Crippen LogP contribution in [0.5, 0.6) is 0 Å². The molecule has 1 atom stereocenters. The molecule has 1 aromatic rings. The Morgan fingerprint density at radius 2 is 1.90 bits per heavy atom. The van der Waals surface area contributed by atoms with Gasteiger partial charge < -0.3 is 15.0 Å². The number of nitrogens with zero attached hydrogens (tertiary/aromatic N) is 2. The quantitative estimate of drug-likeness (QED) is 0.887. The highest BCUT2D eigenvalue weighted by atomic mass is 16.5. The van der Waals surface area contributed by atoms with Crippen LogP contribution in [0.3, 0.4) is 0 Å². The van der Waals surface area contributed by atoms with E-state index in [9.17, 15) is 4.79 Å². The SMILES string of the molecule is CC(=O)NCC(c1ccc(N(C)C)cc1)N1CCOCC1. The number of morpholine rings is 1. The van der Waals surface area contributed by atoms with Gasteiger partial charge in [-0.2, -0.15) is 0 Å². The van der Waals surface area contributed by atoms with E-state index < -0.39 is 0 Å². The summed E-state index contributed by atoms with van der Waals surface area (Å²) in [6, 6.07) is 8.75. The van der Waals surface area contributed by atoms with E-state index in [1.807, 2.05) is 14.1 Å². The van der Waals surface area contributed by atoms with Gasteiger partial charge in [0.2, 0.25) is 5.91 Å². The van der Waals surface area contributed by atoms with Gasteiger partial charge >= 0.3 is 0 Å². The summed E-state index contributed by atoms with van der Waals surface area (Å²) in [5, 5.41) is 2.95. The smallest absolute Gasteiger partial charge is 0.216 e. The summed E-state index contributed by atoms with van der Waals surface area (Å²) in [5.41, 5.74) is 2.41. The minimum absolute atomic E-state index is 0.0122. The number of hydrogen-bond donors (Lipinski definition) is 1. The molecule has 116 valence electrons. The first-order valence-corrected chi connectivity index (χ1v) is 7.41. The van der Waals surface area contributed by atoms with Crippen LogP contribution in [0.25, 0.3) is 0 Å². The first kappa shape index (κ1) is 15.8. The molecule has 0 bridgehead atoms. The minimum Gasteiger partial charge on any atom is -0.379 e. The minimum atomic E-state index is 0.0122. The molecule has 5 heteroatoms. The zero-order valence-electron chi connectivity index (χ0n) is 13.1. The molecule has 1 unspecified atom stereocenters. The summed E-state index contributed by atoms with van der Waals surface area (Å²) in [5.74, 6) is 0.0122. The van der Waals surface area contributed by atoms with Crippen LogP contribution in [0.15, 0.2) is 24.3 Å². The number of carbonyl (C=O) groups is 1. The predicted octanol–water partition coefficient (Wildman–Crippen LogP) is 1.26. The van der Waals surface area contributed by atoms with Crippen molar-refractivity contribution in [2.45, 2.75) is 13.0 Å². The van der Waals surface area contributed by atoms with Crippen LogP contribution in [-0.2, 0) is 9.53 Å². The van der Waals surface area contributed by atoms with E-state index >= 15 is 0 Å². The Hall–Kier alpha value is -1.59. The number of amides is 1. The highest BCUT2D eigenvalue weighted by Crippen LogP contribution is 2.23. The van der Waals surface area contributed by atoms with Crippen LogP contribution in [0.1, 0.15) is 18.5 Å². The summed E-state index contributed by atoms with van der Waals surface area (Å²) < 4.78 is 5.43. The number of ether oxygens (including phenoxy) is 1. The molecule has 0 saturated carbocycles. The Morgan fingerprint density at radius 3 is 2.43 bits per heavy atom. The van der Waals surface area contributed by atoms with Crippen molar-refractivity contribution in [1.82, 2.24) is 10.2 Å². The number of benzene rings is 1. The molecular weight excluding hydrogens is 266 g/mol. The fourth-order valence-electron chi connectivity index (χ4n) is 2.58. The van der Waals surface area contributed by atoms with Gasteiger partial charge in [-0.15, -0.1) is 0 Å². The third-order valence-electron chi connectivity index (χ3n) is 3.83. The van der Waals surface area contributed by atoms with Gasteiger partial charge in [0.1, 0.15) is 0 Å². The van der Waals surface area contributed by atoms with Crippen molar-refractivity contribution < 1.29 is 9.53 Å². The van der Waals surface area contributed by atoms with Crippen LogP contribution in [0.4, 0.5) is 5.69 Å². The van der Waals surface area contributed by atoms with Gasteiger partial charge in [0.05, 0.1) is 19.3 Å². The molecule has 1 aliphatic heterocycles. The molecule has 1 heterocycles. The second-order valence-electron chi connectivity index (χ2n) is 5.59. The maximum Gasteiger partial charge on any atom is 0.216 e. The van der Waals surface area contributed by atoms with E-state index in [0.717, 1.165) is 26.3 Å². The molecule has 1 amide bonds. The standard InChI is InChI=1S/C16H25N3O2/c1-13(20)17-12-16(19-8-10-21-11-9-19)14-4-6-15(7-5-14)18(2)3/h4-7,16H,8-12H2,1-3H3,(H,17,20). The van der Waals surface area contributed by atoms with Gasteiger partial charge in [0.15, 0.2) is 0 Å². The lowest BCUT2D eigenvalue weighted by Crippen LogP contribution is -2.43. The van der Waals surface area contributed by atoms with Crippen molar-refractivity contribution in [3.8, 4) is 0 Å². The lowest BCUT2D eigenvalue weighted by atomic mass is 10.0. The Morgan fingerprint density at radius 1 is 1.29 bits per heavy atom. The van der Waals surface area contributed by atoms with Crippen LogP contribution in [-0.4, -0.2) is 57.8 Å². The van der Waals surface area contributed by atoms with Gasteiger partial charge in [-0.05, 0) is 17.7 Å². The second-order valence-corrected chi connectivity index (χ2v) is 5.59. The van der Waals surface area contributed by atoms with Crippen molar-refractivity contribution >= 4 is 11.6 Å². The van der Waals surface area contributed by atoms with E-state index in [1.165, 1.54) is 11.3 Å². The van der Waals surface area contributed by atoms with Crippen LogP contribution in [0.2, 0.25) is 0 Å². The van der Waals surface area contributed by atoms with Crippen molar-refractivity contribution in [2.75, 3.05) is 51.8 Å². The number of nitrogens with one attached hydrogen (secondary N) is 1. The molecule has 1 N–H and O–H groups in total. The normalized spacial score (nSPS) is 17.3. The van der Waals surface area contributed by atoms with Gasteiger partial charge in [0.25, 0.3) is 0 Å². The zero-order chi connectivity index (χ0) is 15.2. The maximum absolute atomic E-state index is 11.2. The third kappa shape index (κ3) is 4.44. The van der Waals surface area contributed by atoms with Gasteiger partial charge in [-0.3, -0.25) is 9.69 Å². The van der Waals surface area contributed by atoms with Crippen molar-refractivity contribution in [2.24, 2.45) is 0 Å². The maximum atomic E-state index is 11.2. The van der Waals surface area contributed by atoms with E-state index in [-0.39, 0.29) is 11.9 Å². The Bertz CT molecular complexity index is 453. The lowest BCUT2D eigenvalue weighted by Gasteiger charge is -2.35. The molecule has 1 aromatic carbocycles. The Balaban J connectivity index is 2.14. The fraction of sp³-hybridized carbons (Fsp3) is 0.562. The number of carbonyl (C=O) groups excluding carboxylic acids is 1. The van der Waals surface area contributed by atoms with E-state index in [4.69, 9.17) is 4.74 Å².